The molecule has 0 aliphatic carbocycles. The monoisotopic (exact) mass is 476 g/mol. The molecule has 0 aliphatic heterocycles. The number of thioether (sulfide) groups is 1. The molecule has 0 radical (unpaired) electrons. The van der Waals surface area contributed by atoms with Crippen molar-refractivity contribution >= 4 is 50.7 Å². The molecule has 0 fully saturated rings. The molecule has 0 unspecified atom stereocenters. The lowest BCUT2D eigenvalue weighted by Gasteiger charge is -2.19. The zero-order chi connectivity index (χ0) is 23.5. The number of benzene rings is 2. The molecule has 4 aromatic rings. The van der Waals surface area contributed by atoms with Crippen LogP contribution in [0.2, 0.25) is 0 Å². The molecule has 4 rings (SSSR count). The van der Waals surface area contributed by atoms with Crippen LogP contribution in [0.15, 0.2) is 70.5 Å². The number of para-hydroxylation sites is 1. The summed E-state index contributed by atoms with van der Waals surface area (Å²) in [4.78, 5) is 36.4. The number of rotatable bonds is 7. The second-order valence-electron chi connectivity index (χ2n) is 7.65. The van der Waals surface area contributed by atoms with Crippen molar-refractivity contribution in [1.82, 2.24) is 14.5 Å². The highest BCUT2D eigenvalue weighted by Gasteiger charge is 2.19. The van der Waals surface area contributed by atoms with E-state index in [4.69, 9.17) is 9.97 Å². The van der Waals surface area contributed by atoms with Crippen molar-refractivity contribution in [3.8, 4) is 0 Å². The molecule has 0 bridgehead atoms. The number of hydrogen-bond donors (Lipinski definition) is 0. The number of carbonyl (C=O) groups excluding carboxylic acids is 1. The second kappa shape index (κ2) is 9.72. The third-order valence-electron chi connectivity index (χ3n) is 5.28. The van der Waals surface area contributed by atoms with E-state index in [0.29, 0.717) is 33.5 Å². The van der Waals surface area contributed by atoms with E-state index in [-0.39, 0.29) is 11.5 Å². The summed E-state index contributed by atoms with van der Waals surface area (Å²) in [6, 6.07) is 13.3. The van der Waals surface area contributed by atoms with Gasteiger partial charge < -0.3 is 0 Å². The van der Waals surface area contributed by atoms with Crippen LogP contribution in [0.25, 0.3) is 10.9 Å². The van der Waals surface area contributed by atoms with Crippen LogP contribution < -0.4 is 10.5 Å². The summed E-state index contributed by atoms with van der Waals surface area (Å²) in [6.07, 6.45) is 1.69. The summed E-state index contributed by atoms with van der Waals surface area (Å²) in [5.74, 6) is 0.430. The van der Waals surface area contributed by atoms with Crippen molar-refractivity contribution in [2.24, 2.45) is 0 Å². The Morgan fingerprint density at radius 1 is 1.18 bits per heavy atom. The first kappa shape index (κ1) is 22.9. The lowest BCUT2D eigenvalue weighted by atomic mass is 10.1. The highest BCUT2D eigenvalue weighted by molar-refractivity contribution is 7.98. The van der Waals surface area contributed by atoms with E-state index in [1.807, 2.05) is 55.6 Å². The maximum absolute atomic E-state index is 12.9. The summed E-state index contributed by atoms with van der Waals surface area (Å²) < 4.78 is 1.63. The molecular formula is C25H24N4O2S2. The third kappa shape index (κ3) is 4.77. The lowest BCUT2D eigenvalue weighted by Crippen LogP contribution is -2.23. The number of anilines is 2. The minimum atomic E-state index is -0.0946. The molecule has 33 heavy (non-hydrogen) atoms. The minimum absolute atomic E-state index is 0.0838. The Labute approximate surface area is 200 Å². The zero-order valence-electron chi connectivity index (χ0n) is 18.7. The van der Waals surface area contributed by atoms with Crippen LogP contribution in [-0.4, -0.2) is 20.4 Å². The van der Waals surface area contributed by atoms with E-state index in [1.165, 1.54) is 35.6 Å². The smallest absolute Gasteiger partial charge is 0.262 e. The van der Waals surface area contributed by atoms with Gasteiger partial charge in [-0.15, -0.1) is 17.9 Å². The molecule has 0 saturated heterocycles. The fourth-order valence-corrected chi connectivity index (χ4v) is 5.34. The maximum Gasteiger partial charge on any atom is 0.262 e. The highest BCUT2D eigenvalue weighted by Crippen LogP contribution is 2.32. The van der Waals surface area contributed by atoms with Gasteiger partial charge in [0.15, 0.2) is 10.3 Å². The number of thiazole rings is 1. The number of aromatic nitrogens is 3. The fourth-order valence-electron chi connectivity index (χ4n) is 3.44. The van der Waals surface area contributed by atoms with Gasteiger partial charge in [0, 0.05) is 24.6 Å². The van der Waals surface area contributed by atoms with Crippen LogP contribution in [0.4, 0.5) is 10.8 Å². The first-order valence-corrected chi connectivity index (χ1v) is 12.3. The van der Waals surface area contributed by atoms with Gasteiger partial charge in [-0.1, -0.05) is 36.0 Å². The Bertz CT molecular complexity index is 1410. The van der Waals surface area contributed by atoms with Crippen molar-refractivity contribution in [2.45, 2.75) is 38.2 Å². The van der Waals surface area contributed by atoms with Crippen molar-refractivity contribution in [2.75, 3.05) is 4.90 Å². The minimum Gasteiger partial charge on any atom is -0.283 e. The van der Waals surface area contributed by atoms with Crippen molar-refractivity contribution < 1.29 is 4.79 Å². The summed E-state index contributed by atoms with van der Waals surface area (Å²) >= 11 is 2.87. The van der Waals surface area contributed by atoms with Crippen molar-refractivity contribution in [3.63, 3.8) is 0 Å². The molecule has 0 spiro atoms. The molecule has 2 heterocycles. The van der Waals surface area contributed by atoms with Gasteiger partial charge in [0.25, 0.3) is 5.56 Å². The van der Waals surface area contributed by atoms with E-state index in [1.54, 1.807) is 21.6 Å². The van der Waals surface area contributed by atoms with E-state index >= 15 is 0 Å². The third-order valence-corrected chi connectivity index (χ3v) is 7.17. The molecule has 2 aromatic carbocycles. The van der Waals surface area contributed by atoms with Crippen LogP contribution in [-0.2, 0) is 17.1 Å². The standard InChI is InChI=1S/C25H24N4O2S2/c1-5-12-28-23(31)21-8-6-7-9-22(21)27-24(28)32-14-19-15-33-25(26-19)29(18(4)30)20-11-10-16(2)17(3)13-20/h5-11,13,15H,1,12,14H2,2-4H3. The van der Waals surface area contributed by atoms with Gasteiger partial charge in [0.05, 0.1) is 22.3 Å². The lowest BCUT2D eigenvalue weighted by molar-refractivity contribution is -0.115. The molecule has 1 amide bonds. The maximum atomic E-state index is 12.9. The SMILES string of the molecule is C=CCn1c(SCc2csc(N(C(C)=O)c3ccc(C)c(C)c3)n2)nc2ccccc2c1=O. The topological polar surface area (TPSA) is 68.1 Å². The van der Waals surface area contributed by atoms with Crippen LogP contribution >= 0.6 is 23.1 Å². The Balaban J connectivity index is 1.61. The van der Waals surface area contributed by atoms with Gasteiger partial charge in [0.2, 0.25) is 5.91 Å². The van der Waals surface area contributed by atoms with E-state index in [9.17, 15) is 9.59 Å². The molecule has 6 nitrogen and oxygen atoms in total. The normalized spacial score (nSPS) is 11.0. The zero-order valence-corrected chi connectivity index (χ0v) is 20.4. The molecule has 0 atom stereocenters. The second-order valence-corrected chi connectivity index (χ2v) is 9.43. The van der Waals surface area contributed by atoms with Gasteiger partial charge in [-0.05, 0) is 49.2 Å². The molecular weight excluding hydrogens is 452 g/mol. The van der Waals surface area contributed by atoms with Crippen molar-refractivity contribution in [3.05, 3.63) is 87.7 Å². The fraction of sp³-hybridized carbons (Fsp3) is 0.200. The largest absolute Gasteiger partial charge is 0.283 e. The molecule has 0 N–H and O–H groups in total. The van der Waals surface area contributed by atoms with Gasteiger partial charge >= 0.3 is 0 Å². The van der Waals surface area contributed by atoms with E-state index < -0.39 is 0 Å². The summed E-state index contributed by atoms with van der Waals surface area (Å²) in [5.41, 5.74) is 4.50. The van der Waals surface area contributed by atoms with Crippen LogP contribution in [0, 0.1) is 13.8 Å². The number of carbonyl (C=O) groups is 1. The van der Waals surface area contributed by atoms with Gasteiger partial charge in [0.1, 0.15) is 0 Å². The number of allylic oxidation sites excluding steroid dienone is 1. The van der Waals surface area contributed by atoms with Gasteiger partial charge in [-0.3, -0.25) is 19.1 Å². The number of amides is 1. The number of nitrogens with zero attached hydrogens (tertiary/aromatic N) is 4. The average molecular weight is 477 g/mol. The number of fused-ring (bicyclic) bond motifs is 1. The van der Waals surface area contributed by atoms with Crippen LogP contribution in [0.5, 0.6) is 0 Å². The molecule has 2 aromatic heterocycles. The quantitative estimate of drug-likeness (QED) is 0.196. The van der Waals surface area contributed by atoms with Gasteiger partial charge in [-0.2, -0.15) is 0 Å². The average Bonchev–Trinajstić information content (AvgIpc) is 3.25. The first-order valence-electron chi connectivity index (χ1n) is 10.4. The summed E-state index contributed by atoms with van der Waals surface area (Å²) in [7, 11) is 0. The number of aryl methyl sites for hydroxylation is 2. The summed E-state index contributed by atoms with van der Waals surface area (Å²) in [5, 5.41) is 3.77. The molecule has 8 heteroatoms. The highest BCUT2D eigenvalue weighted by atomic mass is 32.2. The van der Waals surface area contributed by atoms with Crippen molar-refractivity contribution in [1.29, 1.82) is 0 Å². The predicted octanol–water partition coefficient (Wildman–Crippen LogP) is 5.63. The summed E-state index contributed by atoms with van der Waals surface area (Å²) in [6.45, 7) is 9.76. The van der Waals surface area contributed by atoms with E-state index in [0.717, 1.165) is 16.9 Å². The van der Waals surface area contributed by atoms with Gasteiger partial charge in [-0.25, -0.2) is 9.97 Å². The predicted molar refractivity (Wildman–Crippen MR) is 137 cm³/mol. The Morgan fingerprint density at radius 3 is 2.70 bits per heavy atom. The Morgan fingerprint density at radius 2 is 1.97 bits per heavy atom. The number of hydrogen-bond acceptors (Lipinski definition) is 6. The molecule has 0 aliphatic rings. The molecule has 168 valence electrons. The van der Waals surface area contributed by atoms with E-state index in [2.05, 4.69) is 6.58 Å². The van der Waals surface area contributed by atoms with Crippen LogP contribution in [0.1, 0.15) is 23.7 Å². The Hall–Kier alpha value is -3.23. The Kier molecular flexibility index (Phi) is 6.76. The molecule has 0 saturated carbocycles. The first-order chi connectivity index (χ1) is 15.9. The van der Waals surface area contributed by atoms with Crippen LogP contribution in [0.3, 0.4) is 0 Å².